The Hall–Kier alpha value is -1.80. The summed E-state index contributed by atoms with van der Waals surface area (Å²) in [5.41, 5.74) is -0.0536. The number of benzene rings is 1. The van der Waals surface area contributed by atoms with E-state index in [9.17, 15) is 13.2 Å². The molecule has 0 radical (unpaired) electrons. The monoisotopic (exact) mass is 341 g/mol. The first kappa shape index (κ1) is 15.1. The molecule has 114 valence electrons. The van der Waals surface area contributed by atoms with E-state index in [0.717, 1.165) is 17.0 Å². The quantitative estimate of drug-likeness (QED) is 0.690. The van der Waals surface area contributed by atoms with Crippen molar-refractivity contribution in [2.45, 2.75) is 17.1 Å². The van der Waals surface area contributed by atoms with Crippen molar-refractivity contribution in [1.82, 2.24) is 15.2 Å². The lowest BCUT2D eigenvalue weighted by Gasteiger charge is -2.07. The molecule has 0 unspecified atom stereocenters. The van der Waals surface area contributed by atoms with Gasteiger partial charge in [0.2, 0.25) is 5.16 Å². The first-order valence-corrected chi connectivity index (χ1v) is 8.14. The van der Waals surface area contributed by atoms with E-state index in [0.29, 0.717) is 22.3 Å². The number of halogens is 3. The summed E-state index contributed by atoms with van der Waals surface area (Å²) in [6.45, 7) is 0. The van der Waals surface area contributed by atoms with Gasteiger partial charge in [0.15, 0.2) is 5.82 Å². The highest BCUT2D eigenvalue weighted by Crippen LogP contribution is 2.31. The van der Waals surface area contributed by atoms with Gasteiger partial charge in [-0.2, -0.15) is 13.2 Å². The molecular weight excluding hydrogens is 331 g/mol. The fraction of sp³-hybridized carbons (Fsp3) is 0.143. The highest BCUT2D eigenvalue weighted by Gasteiger charge is 2.30. The summed E-state index contributed by atoms with van der Waals surface area (Å²) in [6, 6.07) is 9.13. The summed E-state index contributed by atoms with van der Waals surface area (Å²) in [4.78, 5) is 5.29. The van der Waals surface area contributed by atoms with E-state index < -0.39 is 11.7 Å². The van der Waals surface area contributed by atoms with E-state index >= 15 is 0 Å². The van der Waals surface area contributed by atoms with Gasteiger partial charge in [-0.05, 0) is 23.1 Å². The number of H-pyrrole nitrogens is 1. The number of thioether (sulfide) groups is 1. The minimum absolute atomic E-state index is 0.381. The summed E-state index contributed by atoms with van der Waals surface area (Å²) in [6.07, 6.45) is -4.32. The molecule has 0 saturated carbocycles. The molecule has 1 N–H and O–H groups in total. The maximum absolute atomic E-state index is 12.7. The first-order valence-electron chi connectivity index (χ1n) is 6.27. The maximum atomic E-state index is 12.7. The van der Waals surface area contributed by atoms with Crippen LogP contribution in [0, 0.1) is 0 Å². The van der Waals surface area contributed by atoms with Gasteiger partial charge in [0.1, 0.15) is 0 Å². The second kappa shape index (κ2) is 6.13. The molecule has 0 aliphatic carbocycles. The number of aromatic amines is 1. The third-order valence-electron chi connectivity index (χ3n) is 2.84. The molecule has 2 aromatic heterocycles. The number of hydrogen-bond donors (Lipinski definition) is 1. The molecule has 0 atom stereocenters. The summed E-state index contributed by atoms with van der Waals surface area (Å²) >= 11 is 2.84. The highest BCUT2D eigenvalue weighted by molar-refractivity contribution is 7.98. The standard InChI is InChI=1S/C14H10F3N3S2/c15-14(16,17)10-4-1-3-9(7-10)8-22-13-18-12(19-20-13)11-5-2-6-21-11/h1-7H,8H2,(H,18,19,20). The molecule has 8 heteroatoms. The Labute approximate surface area is 132 Å². The van der Waals surface area contributed by atoms with Crippen molar-refractivity contribution < 1.29 is 13.2 Å². The van der Waals surface area contributed by atoms with Gasteiger partial charge in [-0.25, -0.2) is 4.98 Å². The van der Waals surface area contributed by atoms with Crippen LogP contribution < -0.4 is 0 Å². The average molecular weight is 341 g/mol. The van der Waals surface area contributed by atoms with Crippen molar-refractivity contribution in [3.63, 3.8) is 0 Å². The third kappa shape index (κ3) is 3.50. The summed E-state index contributed by atoms with van der Waals surface area (Å²) < 4.78 is 38.0. The Morgan fingerprint density at radius 1 is 1.18 bits per heavy atom. The van der Waals surface area contributed by atoms with Crippen LogP contribution in [0.15, 0.2) is 46.9 Å². The molecule has 0 amide bonds. The number of alkyl halides is 3. The Bertz CT molecular complexity index is 751. The van der Waals surface area contributed by atoms with Crippen molar-refractivity contribution in [3.05, 3.63) is 52.9 Å². The van der Waals surface area contributed by atoms with E-state index in [2.05, 4.69) is 15.2 Å². The van der Waals surface area contributed by atoms with Gasteiger partial charge >= 0.3 is 6.18 Å². The fourth-order valence-corrected chi connectivity index (χ4v) is 3.22. The van der Waals surface area contributed by atoms with Crippen LogP contribution in [-0.2, 0) is 11.9 Å². The Morgan fingerprint density at radius 2 is 2.05 bits per heavy atom. The van der Waals surface area contributed by atoms with Gasteiger partial charge in [0.25, 0.3) is 0 Å². The van der Waals surface area contributed by atoms with Crippen molar-refractivity contribution in [3.8, 4) is 10.7 Å². The molecule has 2 heterocycles. The normalized spacial score (nSPS) is 11.8. The van der Waals surface area contributed by atoms with E-state index in [1.807, 2.05) is 17.5 Å². The van der Waals surface area contributed by atoms with Gasteiger partial charge in [-0.1, -0.05) is 36.0 Å². The molecule has 0 aliphatic heterocycles. The van der Waals surface area contributed by atoms with Crippen molar-refractivity contribution in [2.24, 2.45) is 0 Å². The predicted molar refractivity (Wildman–Crippen MR) is 80.7 cm³/mol. The van der Waals surface area contributed by atoms with E-state index in [1.165, 1.54) is 17.8 Å². The molecule has 0 aliphatic rings. The zero-order chi connectivity index (χ0) is 15.6. The second-order valence-corrected chi connectivity index (χ2v) is 6.32. The molecule has 0 saturated heterocycles. The smallest absolute Gasteiger partial charge is 0.257 e. The molecule has 0 bridgehead atoms. The average Bonchev–Trinajstić information content (AvgIpc) is 3.15. The molecule has 3 aromatic rings. The number of rotatable bonds is 4. The summed E-state index contributed by atoms with van der Waals surface area (Å²) in [7, 11) is 0. The Balaban J connectivity index is 1.68. The molecule has 3 nitrogen and oxygen atoms in total. The van der Waals surface area contributed by atoms with Crippen LogP contribution in [0.3, 0.4) is 0 Å². The number of hydrogen-bond acceptors (Lipinski definition) is 4. The largest absolute Gasteiger partial charge is 0.416 e. The van der Waals surface area contributed by atoms with Crippen LogP contribution in [-0.4, -0.2) is 15.2 Å². The molecule has 0 fully saturated rings. The SMILES string of the molecule is FC(F)(F)c1cccc(CSc2n[nH]c(-c3cccs3)n2)c1. The molecule has 0 spiro atoms. The lowest BCUT2D eigenvalue weighted by molar-refractivity contribution is -0.137. The fourth-order valence-electron chi connectivity index (χ4n) is 1.82. The van der Waals surface area contributed by atoms with Gasteiger partial charge in [0, 0.05) is 5.75 Å². The lowest BCUT2D eigenvalue weighted by Crippen LogP contribution is -2.04. The van der Waals surface area contributed by atoms with Gasteiger partial charge in [0.05, 0.1) is 10.4 Å². The van der Waals surface area contributed by atoms with Crippen LogP contribution in [0.4, 0.5) is 13.2 Å². The number of aromatic nitrogens is 3. The van der Waals surface area contributed by atoms with Crippen molar-refractivity contribution in [2.75, 3.05) is 0 Å². The zero-order valence-corrected chi connectivity index (χ0v) is 12.7. The predicted octanol–water partition coefficient (Wildman–Crippen LogP) is 4.84. The third-order valence-corrected chi connectivity index (χ3v) is 4.64. The number of nitrogens with one attached hydrogen (secondary N) is 1. The Kier molecular flexibility index (Phi) is 4.21. The van der Waals surface area contributed by atoms with Crippen LogP contribution in [0.2, 0.25) is 0 Å². The van der Waals surface area contributed by atoms with Crippen LogP contribution in [0.5, 0.6) is 0 Å². The maximum Gasteiger partial charge on any atom is 0.416 e. The number of nitrogens with zero attached hydrogens (tertiary/aromatic N) is 2. The first-order chi connectivity index (χ1) is 10.5. The molecule has 22 heavy (non-hydrogen) atoms. The Morgan fingerprint density at radius 3 is 2.77 bits per heavy atom. The number of thiophene rings is 1. The van der Waals surface area contributed by atoms with Gasteiger partial charge in [-0.15, -0.1) is 16.4 Å². The van der Waals surface area contributed by atoms with Crippen molar-refractivity contribution >= 4 is 23.1 Å². The summed E-state index contributed by atoms with van der Waals surface area (Å²) in [5, 5.41) is 9.35. The second-order valence-electron chi connectivity index (χ2n) is 4.43. The highest BCUT2D eigenvalue weighted by atomic mass is 32.2. The van der Waals surface area contributed by atoms with Crippen LogP contribution in [0.1, 0.15) is 11.1 Å². The van der Waals surface area contributed by atoms with Gasteiger partial charge < -0.3 is 0 Å². The van der Waals surface area contributed by atoms with E-state index in [-0.39, 0.29) is 0 Å². The summed E-state index contributed by atoms with van der Waals surface area (Å²) in [5.74, 6) is 1.05. The lowest BCUT2D eigenvalue weighted by atomic mass is 10.1. The minimum atomic E-state index is -4.32. The van der Waals surface area contributed by atoms with Crippen LogP contribution >= 0.6 is 23.1 Å². The topological polar surface area (TPSA) is 41.6 Å². The zero-order valence-electron chi connectivity index (χ0n) is 11.1. The molecule has 3 rings (SSSR count). The molecular formula is C14H10F3N3S2. The van der Waals surface area contributed by atoms with Crippen molar-refractivity contribution in [1.29, 1.82) is 0 Å². The van der Waals surface area contributed by atoms with Crippen LogP contribution in [0.25, 0.3) is 10.7 Å². The minimum Gasteiger partial charge on any atom is -0.257 e. The van der Waals surface area contributed by atoms with Gasteiger partial charge in [-0.3, -0.25) is 5.10 Å². The van der Waals surface area contributed by atoms with E-state index in [1.54, 1.807) is 17.4 Å². The van der Waals surface area contributed by atoms with E-state index in [4.69, 9.17) is 0 Å². The molecule has 1 aromatic carbocycles.